The molecule has 0 saturated carbocycles. The third-order valence-corrected chi connectivity index (χ3v) is 4.43. The molecule has 19 heavy (non-hydrogen) atoms. The lowest BCUT2D eigenvalue weighted by molar-refractivity contribution is 0.521. The van der Waals surface area contributed by atoms with Crippen molar-refractivity contribution in [3.8, 4) is 0 Å². The number of nitrogens with zero attached hydrogens (tertiary/aromatic N) is 1. The fraction of sp³-hybridized carbons (Fsp3) is 0.357. The standard InChI is InChI=1S/C14H18ClN3S/c1-9-10(2)19-14(17-9)8-13(18-16)7-11-4-3-5-12(15)6-11/h3-6,13,18H,7-8,16H2,1-2H3. The molecule has 3 N–H and O–H groups in total. The third-order valence-electron chi connectivity index (χ3n) is 3.10. The number of hydrogen-bond acceptors (Lipinski definition) is 4. The molecule has 3 nitrogen and oxygen atoms in total. The molecule has 1 atom stereocenters. The van der Waals surface area contributed by atoms with Gasteiger partial charge >= 0.3 is 0 Å². The van der Waals surface area contributed by atoms with Crippen molar-refractivity contribution in [3.05, 3.63) is 50.4 Å². The summed E-state index contributed by atoms with van der Waals surface area (Å²) >= 11 is 7.73. The highest BCUT2D eigenvalue weighted by Crippen LogP contribution is 2.19. The first kappa shape index (κ1) is 14.5. The van der Waals surface area contributed by atoms with Gasteiger partial charge in [-0.3, -0.25) is 11.3 Å². The predicted octanol–water partition coefficient (Wildman–Crippen LogP) is 3.03. The van der Waals surface area contributed by atoms with Crippen molar-refractivity contribution in [1.29, 1.82) is 0 Å². The molecule has 102 valence electrons. The van der Waals surface area contributed by atoms with Gasteiger partial charge in [-0.1, -0.05) is 23.7 Å². The maximum Gasteiger partial charge on any atom is 0.0947 e. The molecule has 2 rings (SSSR count). The Hall–Kier alpha value is -0.940. The number of rotatable bonds is 5. The van der Waals surface area contributed by atoms with Gasteiger partial charge in [-0.05, 0) is 38.0 Å². The number of benzene rings is 1. The van der Waals surface area contributed by atoms with Crippen LogP contribution in [0.1, 0.15) is 21.1 Å². The highest BCUT2D eigenvalue weighted by atomic mass is 35.5. The monoisotopic (exact) mass is 295 g/mol. The van der Waals surface area contributed by atoms with Gasteiger partial charge < -0.3 is 0 Å². The smallest absolute Gasteiger partial charge is 0.0947 e. The van der Waals surface area contributed by atoms with Crippen molar-refractivity contribution < 1.29 is 0 Å². The second-order valence-electron chi connectivity index (χ2n) is 4.65. The van der Waals surface area contributed by atoms with E-state index in [-0.39, 0.29) is 6.04 Å². The molecule has 1 aromatic carbocycles. The zero-order valence-electron chi connectivity index (χ0n) is 11.1. The largest absolute Gasteiger partial charge is 0.271 e. The van der Waals surface area contributed by atoms with Crippen LogP contribution >= 0.6 is 22.9 Å². The second kappa shape index (κ2) is 6.48. The topological polar surface area (TPSA) is 50.9 Å². The van der Waals surface area contributed by atoms with Crippen LogP contribution in [0.25, 0.3) is 0 Å². The SMILES string of the molecule is Cc1nc(CC(Cc2cccc(Cl)c2)NN)sc1C. The number of thiazole rings is 1. The third kappa shape index (κ3) is 4.01. The van der Waals surface area contributed by atoms with E-state index in [0.717, 1.165) is 28.6 Å². The Balaban J connectivity index is 2.04. The molecular weight excluding hydrogens is 278 g/mol. The van der Waals surface area contributed by atoms with Crippen LogP contribution in [0.4, 0.5) is 0 Å². The molecule has 0 bridgehead atoms. The highest BCUT2D eigenvalue weighted by molar-refractivity contribution is 7.11. The normalized spacial score (nSPS) is 12.6. The summed E-state index contributed by atoms with van der Waals surface area (Å²) in [6.07, 6.45) is 1.68. The van der Waals surface area contributed by atoms with Crippen molar-refractivity contribution in [2.75, 3.05) is 0 Å². The average molecular weight is 296 g/mol. The Labute approximate surface area is 122 Å². The summed E-state index contributed by atoms with van der Waals surface area (Å²) in [6.45, 7) is 4.13. The summed E-state index contributed by atoms with van der Waals surface area (Å²) in [5.74, 6) is 5.65. The van der Waals surface area contributed by atoms with E-state index in [9.17, 15) is 0 Å². The van der Waals surface area contributed by atoms with Gasteiger partial charge in [0.25, 0.3) is 0 Å². The van der Waals surface area contributed by atoms with Gasteiger partial charge in [-0.2, -0.15) is 0 Å². The Morgan fingerprint density at radius 2 is 2.16 bits per heavy atom. The highest BCUT2D eigenvalue weighted by Gasteiger charge is 2.12. The Morgan fingerprint density at radius 3 is 2.74 bits per heavy atom. The van der Waals surface area contributed by atoms with Crippen LogP contribution in [-0.2, 0) is 12.8 Å². The van der Waals surface area contributed by atoms with Gasteiger partial charge in [0.1, 0.15) is 0 Å². The molecular formula is C14H18ClN3S. The number of hydrogen-bond donors (Lipinski definition) is 2. The summed E-state index contributed by atoms with van der Waals surface area (Å²) in [5, 5.41) is 1.88. The first-order chi connectivity index (χ1) is 9.08. The fourth-order valence-electron chi connectivity index (χ4n) is 1.98. The molecule has 0 aliphatic heterocycles. The van der Waals surface area contributed by atoms with E-state index in [0.29, 0.717) is 0 Å². The zero-order chi connectivity index (χ0) is 13.8. The summed E-state index contributed by atoms with van der Waals surface area (Å²) in [5.41, 5.74) is 5.16. The lowest BCUT2D eigenvalue weighted by Gasteiger charge is -2.14. The van der Waals surface area contributed by atoms with Crippen LogP contribution in [0.2, 0.25) is 5.02 Å². The zero-order valence-corrected chi connectivity index (χ0v) is 12.7. The van der Waals surface area contributed by atoms with E-state index in [1.807, 2.05) is 25.1 Å². The lowest BCUT2D eigenvalue weighted by atomic mass is 10.0. The fourth-order valence-corrected chi connectivity index (χ4v) is 3.20. The molecule has 5 heteroatoms. The predicted molar refractivity (Wildman–Crippen MR) is 81.6 cm³/mol. The minimum absolute atomic E-state index is 0.170. The summed E-state index contributed by atoms with van der Waals surface area (Å²) in [4.78, 5) is 5.83. The molecule has 1 aromatic heterocycles. The van der Waals surface area contributed by atoms with E-state index in [1.165, 1.54) is 10.4 Å². The molecule has 1 unspecified atom stereocenters. The summed E-state index contributed by atoms with van der Waals surface area (Å²) < 4.78 is 0. The molecule has 0 aliphatic rings. The van der Waals surface area contributed by atoms with Gasteiger partial charge in [0.05, 0.1) is 10.7 Å². The maximum absolute atomic E-state index is 5.99. The summed E-state index contributed by atoms with van der Waals surface area (Å²) in [7, 11) is 0. The van der Waals surface area contributed by atoms with Crippen LogP contribution < -0.4 is 11.3 Å². The molecule has 0 aliphatic carbocycles. The van der Waals surface area contributed by atoms with Crippen LogP contribution in [-0.4, -0.2) is 11.0 Å². The molecule has 0 saturated heterocycles. The molecule has 0 spiro atoms. The van der Waals surface area contributed by atoms with E-state index >= 15 is 0 Å². The Bertz CT molecular complexity index is 534. The number of aryl methyl sites for hydroxylation is 2. The first-order valence-corrected chi connectivity index (χ1v) is 7.41. The minimum Gasteiger partial charge on any atom is -0.271 e. The number of nitrogens with two attached hydrogens (primary N) is 1. The summed E-state index contributed by atoms with van der Waals surface area (Å²) in [6, 6.07) is 8.05. The van der Waals surface area contributed by atoms with Gasteiger partial charge in [0.15, 0.2) is 0 Å². The average Bonchev–Trinajstić information content (AvgIpc) is 2.67. The van der Waals surface area contributed by atoms with E-state index in [2.05, 4.69) is 23.4 Å². The lowest BCUT2D eigenvalue weighted by Crippen LogP contribution is -2.38. The van der Waals surface area contributed by atoms with Crippen LogP contribution in [0.3, 0.4) is 0 Å². The van der Waals surface area contributed by atoms with Crippen LogP contribution in [0.5, 0.6) is 0 Å². The molecule has 0 radical (unpaired) electrons. The van der Waals surface area contributed by atoms with Gasteiger partial charge in [-0.15, -0.1) is 11.3 Å². The van der Waals surface area contributed by atoms with E-state index < -0.39 is 0 Å². The van der Waals surface area contributed by atoms with Crippen molar-refractivity contribution in [2.24, 2.45) is 5.84 Å². The van der Waals surface area contributed by atoms with Gasteiger partial charge in [0, 0.05) is 22.4 Å². The van der Waals surface area contributed by atoms with E-state index in [1.54, 1.807) is 11.3 Å². The van der Waals surface area contributed by atoms with Gasteiger partial charge in [-0.25, -0.2) is 4.98 Å². The van der Waals surface area contributed by atoms with Crippen LogP contribution in [0.15, 0.2) is 24.3 Å². The van der Waals surface area contributed by atoms with Crippen molar-refractivity contribution in [2.45, 2.75) is 32.7 Å². The maximum atomic E-state index is 5.99. The Kier molecular flexibility index (Phi) is 4.93. The number of nitrogens with one attached hydrogen (secondary N) is 1. The molecule has 0 amide bonds. The van der Waals surface area contributed by atoms with Crippen molar-refractivity contribution >= 4 is 22.9 Å². The first-order valence-electron chi connectivity index (χ1n) is 6.22. The van der Waals surface area contributed by atoms with E-state index in [4.69, 9.17) is 17.4 Å². The van der Waals surface area contributed by atoms with Crippen molar-refractivity contribution in [3.63, 3.8) is 0 Å². The molecule has 1 heterocycles. The second-order valence-corrected chi connectivity index (χ2v) is 6.38. The van der Waals surface area contributed by atoms with Crippen LogP contribution in [0, 0.1) is 13.8 Å². The minimum atomic E-state index is 0.170. The molecule has 0 fully saturated rings. The number of halogens is 1. The van der Waals surface area contributed by atoms with Crippen molar-refractivity contribution in [1.82, 2.24) is 10.4 Å². The number of hydrazine groups is 1. The number of aromatic nitrogens is 1. The quantitative estimate of drug-likeness (QED) is 0.658. The molecule has 2 aromatic rings. The Morgan fingerprint density at radius 1 is 1.37 bits per heavy atom. The van der Waals surface area contributed by atoms with Gasteiger partial charge in [0.2, 0.25) is 0 Å².